The lowest BCUT2D eigenvalue weighted by Gasteiger charge is -2.29. The standard InChI is InChI=1S/C26H32FN7O2/c1-26(2,3)15-29-7-8-34-21(30-22-23(28)31-25(27)32-24(22)34)13-16-12-18-20(36-11-9-33(18)4)14-17(16)19-6-5-10-35-19/h5-6,10,12,14,29H,7-9,11,13,15H2,1-4H3,(H2,28,31,32). The summed E-state index contributed by atoms with van der Waals surface area (Å²) in [5, 5.41) is 3.47. The molecule has 0 unspecified atom stereocenters. The Hall–Kier alpha value is -3.66. The lowest BCUT2D eigenvalue weighted by atomic mass is 9.97. The van der Waals surface area contributed by atoms with Crippen LogP contribution in [0.2, 0.25) is 0 Å². The van der Waals surface area contributed by atoms with E-state index in [1.54, 1.807) is 6.26 Å². The number of furan rings is 1. The number of imidazole rings is 1. The van der Waals surface area contributed by atoms with Gasteiger partial charge in [0.05, 0.1) is 18.5 Å². The Labute approximate surface area is 209 Å². The number of rotatable bonds is 7. The van der Waals surface area contributed by atoms with Gasteiger partial charge in [-0.1, -0.05) is 20.8 Å². The van der Waals surface area contributed by atoms with Crippen molar-refractivity contribution in [2.75, 3.05) is 43.9 Å². The summed E-state index contributed by atoms with van der Waals surface area (Å²) in [6, 6.07) is 7.92. The minimum absolute atomic E-state index is 0.0324. The highest BCUT2D eigenvalue weighted by Crippen LogP contribution is 2.39. The van der Waals surface area contributed by atoms with Crippen molar-refractivity contribution in [1.29, 1.82) is 0 Å². The van der Waals surface area contributed by atoms with Crippen LogP contribution in [0.4, 0.5) is 15.9 Å². The van der Waals surface area contributed by atoms with Crippen LogP contribution in [-0.2, 0) is 13.0 Å². The summed E-state index contributed by atoms with van der Waals surface area (Å²) in [6.07, 6.45) is 1.26. The highest BCUT2D eigenvalue weighted by Gasteiger charge is 2.23. The summed E-state index contributed by atoms with van der Waals surface area (Å²) in [5.41, 5.74) is 9.92. The van der Waals surface area contributed by atoms with Crippen LogP contribution in [0.5, 0.6) is 5.75 Å². The zero-order valence-electron chi connectivity index (χ0n) is 21.1. The summed E-state index contributed by atoms with van der Waals surface area (Å²) >= 11 is 0. The number of hydrogen-bond donors (Lipinski definition) is 2. The minimum Gasteiger partial charge on any atom is -0.490 e. The lowest BCUT2D eigenvalue weighted by molar-refractivity contribution is 0.311. The van der Waals surface area contributed by atoms with E-state index in [4.69, 9.17) is 19.9 Å². The Morgan fingerprint density at radius 1 is 1.19 bits per heavy atom. The maximum atomic E-state index is 14.1. The molecule has 5 rings (SSSR count). The van der Waals surface area contributed by atoms with E-state index >= 15 is 0 Å². The van der Waals surface area contributed by atoms with Crippen LogP contribution in [0.15, 0.2) is 34.9 Å². The topological polar surface area (TPSA) is 107 Å². The van der Waals surface area contributed by atoms with Gasteiger partial charge in [-0.2, -0.15) is 14.4 Å². The predicted octanol–water partition coefficient (Wildman–Crippen LogP) is 3.86. The van der Waals surface area contributed by atoms with E-state index in [1.807, 2.05) is 29.8 Å². The van der Waals surface area contributed by atoms with Crippen molar-refractivity contribution in [3.8, 4) is 17.1 Å². The molecule has 0 saturated carbocycles. The Kier molecular flexibility index (Phi) is 6.29. The van der Waals surface area contributed by atoms with E-state index < -0.39 is 6.08 Å². The molecule has 0 amide bonds. The largest absolute Gasteiger partial charge is 0.490 e. The first-order chi connectivity index (χ1) is 17.2. The molecule has 9 nitrogen and oxygen atoms in total. The number of benzene rings is 1. The summed E-state index contributed by atoms with van der Waals surface area (Å²) in [4.78, 5) is 14.7. The van der Waals surface area contributed by atoms with Gasteiger partial charge in [-0.25, -0.2) is 4.98 Å². The molecule has 0 radical (unpaired) electrons. The van der Waals surface area contributed by atoms with E-state index in [2.05, 4.69) is 47.0 Å². The molecule has 190 valence electrons. The highest BCUT2D eigenvalue weighted by molar-refractivity contribution is 5.82. The first kappa shape index (κ1) is 24.1. The van der Waals surface area contributed by atoms with Crippen LogP contribution in [0.25, 0.3) is 22.5 Å². The number of aromatic nitrogens is 4. The monoisotopic (exact) mass is 493 g/mol. The average molecular weight is 494 g/mol. The zero-order valence-corrected chi connectivity index (χ0v) is 21.1. The molecule has 4 aromatic rings. The van der Waals surface area contributed by atoms with E-state index in [0.29, 0.717) is 37.3 Å². The van der Waals surface area contributed by atoms with Gasteiger partial charge in [-0.05, 0) is 35.2 Å². The fourth-order valence-corrected chi connectivity index (χ4v) is 4.48. The van der Waals surface area contributed by atoms with E-state index in [-0.39, 0.29) is 11.2 Å². The fourth-order valence-electron chi connectivity index (χ4n) is 4.48. The summed E-state index contributed by atoms with van der Waals surface area (Å²) < 4.78 is 27.8. The number of hydrogen-bond acceptors (Lipinski definition) is 8. The van der Waals surface area contributed by atoms with Crippen LogP contribution in [0, 0.1) is 11.5 Å². The molecule has 3 aromatic heterocycles. The first-order valence-corrected chi connectivity index (χ1v) is 12.1. The van der Waals surface area contributed by atoms with E-state index in [9.17, 15) is 4.39 Å². The molecule has 1 aliphatic rings. The van der Waals surface area contributed by atoms with Crippen LogP contribution in [0.1, 0.15) is 32.2 Å². The quantitative estimate of drug-likeness (QED) is 0.295. The van der Waals surface area contributed by atoms with Gasteiger partial charge < -0.3 is 29.7 Å². The number of nitrogen functional groups attached to an aromatic ring is 1. The summed E-state index contributed by atoms with van der Waals surface area (Å²) in [6.45, 7) is 10.0. The second-order valence-corrected chi connectivity index (χ2v) is 10.4. The Morgan fingerprint density at radius 2 is 2.03 bits per heavy atom. The fraction of sp³-hybridized carbons (Fsp3) is 0.423. The number of anilines is 2. The average Bonchev–Trinajstić information content (AvgIpc) is 3.45. The number of fused-ring (bicyclic) bond motifs is 2. The Balaban J connectivity index is 1.57. The van der Waals surface area contributed by atoms with Gasteiger partial charge in [-0.15, -0.1) is 0 Å². The van der Waals surface area contributed by atoms with E-state index in [1.165, 1.54) is 0 Å². The van der Waals surface area contributed by atoms with Crippen molar-refractivity contribution < 1.29 is 13.5 Å². The van der Waals surface area contributed by atoms with Crippen LogP contribution >= 0.6 is 0 Å². The molecule has 3 N–H and O–H groups in total. The minimum atomic E-state index is -0.862. The summed E-state index contributed by atoms with van der Waals surface area (Å²) in [5.74, 6) is 2.31. The van der Waals surface area contributed by atoms with Crippen molar-refractivity contribution in [3.05, 3.63) is 48.0 Å². The molecule has 1 aromatic carbocycles. The first-order valence-electron chi connectivity index (χ1n) is 12.1. The SMILES string of the molecule is CN1CCOc2cc(-c3ccco3)c(Cc3nc4c(N)nc(F)nc4n3CCNCC(C)(C)C)cc21. The number of nitrogens with two attached hydrogens (primary N) is 1. The molecular weight excluding hydrogens is 461 g/mol. The molecule has 0 atom stereocenters. The summed E-state index contributed by atoms with van der Waals surface area (Å²) in [7, 11) is 2.05. The van der Waals surface area contributed by atoms with Gasteiger partial charge in [0.15, 0.2) is 17.0 Å². The Morgan fingerprint density at radius 3 is 2.78 bits per heavy atom. The molecule has 0 saturated heterocycles. The number of ether oxygens (including phenoxy) is 1. The molecule has 4 heterocycles. The second kappa shape index (κ2) is 9.42. The number of nitrogens with zero attached hydrogens (tertiary/aromatic N) is 5. The van der Waals surface area contributed by atoms with Crippen molar-refractivity contribution >= 4 is 22.7 Å². The van der Waals surface area contributed by atoms with Gasteiger partial charge in [0.2, 0.25) is 0 Å². The number of halogens is 1. The molecule has 0 aliphatic carbocycles. The van der Waals surface area contributed by atoms with Gasteiger partial charge in [0.25, 0.3) is 0 Å². The van der Waals surface area contributed by atoms with Crippen LogP contribution in [-0.4, -0.2) is 52.8 Å². The van der Waals surface area contributed by atoms with Crippen molar-refractivity contribution in [3.63, 3.8) is 0 Å². The lowest BCUT2D eigenvalue weighted by Crippen LogP contribution is -2.30. The van der Waals surface area contributed by atoms with Gasteiger partial charge in [0.1, 0.15) is 23.9 Å². The molecule has 10 heteroatoms. The second-order valence-electron chi connectivity index (χ2n) is 10.4. The third-order valence-electron chi connectivity index (χ3n) is 6.26. The third kappa shape index (κ3) is 4.86. The Bertz CT molecular complexity index is 1380. The number of nitrogens with one attached hydrogen (secondary N) is 1. The van der Waals surface area contributed by atoms with Gasteiger partial charge in [-0.3, -0.25) is 0 Å². The van der Waals surface area contributed by atoms with Crippen molar-refractivity contribution in [2.45, 2.75) is 33.7 Å². The van der Waals surface area contributed by atoms with Crippen molar-refractivity contribution in [1.82, 2.24) is 24.8 Å². The smallest absolute Gasteiger partial charge is 0.312 e. The molecule has 36 heavy (non-hydrogen) atoms. The third-order valence-corrected chi connectivity index (χ3v) is 6.26. The normalized spacial score (nSPS) is 13.8. The molecule has 1 aliphatic heterocycles. The number of likely N-dealkylation sites (N-methyl/N-ethyl adjacent to an activating group) is 1. The maximum absolute atomic E-state index is 14.1. The molecule has 0 fully saturated rings. The van der Waals surface area contributed by atoms with E-state index in [0.717, 1.165) is 47.2 Å². The van der Waals surface area contributed by atoms with Crippen molar-refractivity contribution in [2.24, 2.45) is 5.41 Å². The molecular formula is C26H32FN7O2. The van der Waals surface area contributed by atoms with Crippen LogP contribution < -0.4 is 20.7 Å². The maximum Gasteiger partial charge on any atom is 0.312 e. The highest BCUT2D eigenvalue weighted by atomic mass is 19.1. The van der Waals surface area contributed by atoms with Gasteiger partial charge >= 0.3 is 6.08 Å². The van der Waals surface area contributed by atoms with Crippen LogP contribution in [0.3, 0.4) is 0 Å². The predicted molar refractivity (Wildman–Crippen MR) is 138 cm³/mol. The molecule has 0 bridgehead atoms. The molecule has 0 spiro atoms. The zero-order chi connectivity index (χ0) is 25.4. The van der Waals surface area contributed by atoms with Gasteiger partial charge in [0, 0.05) is 38.7 Å².